The van der Waals surface area contributed by atoms with Crippen molar-refractivity contribution in [1.29, 1.82) is 5.41 Å². The molecule has 0 saturated heterocycles. The van der Waals surface area contributed by atoms with Crippen molar-refractivity contribution in [3.8, 4) is 5.75 Å². The van der Waals surface area contributed by atoms with Crippen molar-refractivity contribution in [1.82, 2.24) is 0 Å². The van der Waals surface area contributed by atoms with Crippen LogP contribution in [0.1, 0.15) is 11.1 Å². The first-order valence-corrected chi connectivity index (χ1v) is 6.34. The second-order valence-corrected chi connectivity index (χ2v) is 4.71. The third-order valence-electron chi connectivity index (χ3n) is 2.61. The van der Waals surface area contributed by atoms with Gasteiger partial charge in [0.2, 0.25) is 0 Å². The quantitative estimate of drug-likeness (QED) is 0.664. The Morgan fingerprint density at radius 3 is 2.32 bits per heavy atom. The molecule has 3 nitrogen and oxygen atoms in total. The molecule has 0 aliphatic rings. The van der Waals surface area contributed by atoms with Crippen LogP contribution in [0.5, 0.6) is 5.75 Å². The van der Waals surface area contributed by atoms with Crippen molar-refractivity contribution in [3.05, 3.63) is 63.6 Å². The van der Waals surface area contributed by atoms with Crippen LogP contribution in [0.4, 0.5) is 0 Å². The average molecular weight is 295 g/mol. The molecule has 2 aromatic carbocycles. The molecule has 0 saturated carbocycles. The second kappa shape index (κ2) is 5.95. The summed E-state index contributed by atoms with van der Waals surface area (Å²) in [5.41, 5.74) is 6.75. The van der Waals surface area contributed by atoms with Gasteiger partial charge in [0.25, 0.3) is 0 Å². The van der Waals surface area contributed by atoms with Crippen LogP contribution in [0, 0.1) is 5.41 Å². The third kappa shape index (κ3) is 3.19. The Hall–Kier alpha value is -1.71. The lowest BCUT2D eigenvalue weighted by molar-refractivity contribution is 0.306. The summed E-state index contributed by atoms with van der Waals surface area (Å²) < 4.78 is 5.66. The number of rotatable bonds is 4. The molecule has 0 aliphatic carbocycles. The third-order valence-corrected chi connectivity index (χ3v) is 3.32. The highest BCUT2D eigenvalue weighted by Crippen LogP contribution is 2.26. The van der Waals surface area contributed by atoms with Crippen molar-refractivity contribution < 1.29 is 4.74 Å². The van der Waals surface area contributed by atoms with Gasteiger partial charge in [-0.1, -0.05) is 41.4 Å². The molecular formula is C14H12Cl2N2O. The zero-order valence-electron chi connectivity index (χ0n) is 9.99. The number of hydrogen-bond acceptors (Lipinski definition) is 2. The Morgan fingerprint density at radius 2 is 1.68 bits per heavy atom. The molecule has 19 heavy (non-hydrogen) atoms. The molecule has 3 N–H and O–H groups in total. The van der Waals surface area contributed by atoms with Crippen LogP contribution in [0.3, 0.4) is 0 Å². The molecule has 0 atom stereocenters. The van der Waals surface area contributed by atoms with Gasteiger partial charge in [0, 0.05) is 15.6 Å². The fraction of sp³-hybridized carbons (Fsp3) is 0.0714. The maximum Gasteiger partial charge on any atom is 0.130 e. The first-order valence-electron chi connectivity index (χ1n) is 5.58. The van der Waals surface area contributed by atoms with E-state index in [1.165, 1.54) is 0 Å². The van der Waals surface area contributed by atoms with E-state index in [1.54, 1.807) is 36.4 Å². The summed E-state index contributed by atoms with van der Waals surface area (Å²) in [5.74, 6) is 0.492. The second-order valence-electron chi connectivity index (χ2n) is 3.90. The summed E-state index contributed by atoms with van der Waals surface area (Å²) >= 11 is 12.1. The molecule has 98 valence electrons. The van der Waals surface area contributed by atoms with E-state index in [4.69, 9.17) is 39.1 Å². The largest absolute Gasteiger partial charge is 0.488 e. The predicted molar refractivity (Wildman–Crippen MR) is 78.3 cm³/mol. The fourth-order valence-corrected chi connectivity index (χ4v) is 2.14. The van der Waals surface area contributed by atoms with Gasteiger partial charge in [-0.2, -0.15) is 0 Å². The van der Waals surface area contributed by atoms with Crippen molar-refractivity contribution >= 4 is 29.0 Å². The minimum atomic E-state index is -0.0409. The lowest BCUT2D eigenvalue weighted by Gasteiger charge is -2.12. The highest BCUT2D eigenvalue weighted by molar-refractivity contribution is 6.35. The number of ether oxygens (including phenoxy) is 1. The molecule has 0 amide bonds. The summed E-state index contributed by atoms with van der Waals surface area (Å²) in [4.78, 5) is 0. The van der Waals surface area contributed by atoms with Crippen LogP contribution in [0.25, 0.3) is 0 Å². The van der Waals surface area contributed by atoms with E-state index in [0.29, 0.717) is 26.9 Å². The Labute approximate surface area is 121 Å². The molecule has 0 spiro atoms. The Morgan fingerprint density at radius 1 is 1.05 bits per heavy atom. The van der Waals surface area contributed by atoms with Gasteiger partial charge < -0.3 is 10.5 Å². The minimum absolute atomic E-state index is 0.0409. The highest BCUT2D eigenvalue weighted by Gasteiger charge is 2.09. The molecule has 0 heterocycles. The predicted octanol–water partition coefficient (Wildman–Crippen LogP) is 3.86. The number of benzene rings is 2. The molecule has 0 bridgehead atoms. The summed E-state index contributed by atoms with van der Waals surface area (Å²) in [7, 11) is 0. The summed E-state index contributed by atoms with van der Waals surface area (Å²) in [6, 6.07) is 12.4. The molecule has 0 radical (unpaired) electrons. The number of amidine groups is 1. The molecule has 2 aromatic rings. The number of halogens is 2. The monoisotopic (exact) mass is 294 g/mol. The van der Waals surface area contributed by atoms with E-state index >= 15 is 0 Å². The van der Waals surface area contributed by atoms with Gasteiger partial charge in [0.05, 0.1) is 5.56 Å². The maximum atomic E-state index is 7.49. The summed E-state index contributed by atoms with van der Waals surface area (Å²) in [6.07, 6.45) is 0. The standard InChI is InChI=1S/C14H12Cl2N2O/c15-11-5-3-6-12(16)10(11)8-19-13-7-2-1-4-9(13)14(17)18/h1-7H,8H2,(H3,17,18). The molecule has 0 aliphatic heterocycles. The van der Waals surface area contributed by atoms with E-state index in [0.717, 1.165) is 0 Å². The Bertz CT molecular complexity index is 594. The number of nitrogen functional groups attached to an aromatic ring is 1. The number of para-hydroxylation sites is 1. The number of nitrogens with one attached hydrogen (secondary N) is 1. The van der Waals surface area contributed by atoms with E-state index in [2.05, 4.69) is 0 Å². The molecule has 0 fully saturated rings. The van der Waals surface area contributed by atoms with Gasteiger partial charge in [-0.3, -0.25) is 5.41 Å². The average Bonchev–Trinajstić information content (AvgIpc) is 2.38. The van der Waals surface area contributed by atoms with E-state index in [-0.39, 0.29) is 12.4 Å². The minimum Gasteiger partial charge on any atom is -0.488 e. The van der Waals surface area contributed by atoms with Crippen LogP contribution in [-0.4, -0.2) is 5.84 Å². The van der Waals surface area contributed by atoms with Crippen molar-refractivity contribution in [2.45, 2.75) is 6.61 Å². The molecule has 0 unspecified atom stereocenters. The van der Waals surface area contributed by atoms with E-state index in [9.17, 15) is 0 Å². The fourth-order valence-electron chi connectivity index (χ4n) is 1.64. The molecule has 0 aromatic heterocycles. The summed E-state index contributed by atoms with van der Waals surface area (Å²) in [5, 5.41) is 8.59. The molecule has 2 rings (SSSR count). The van der Waals surface area contributed by atoms with Crippen molar-refractivity contribution in [2.24, 2.45) is 5.73 Å². The van der Waals surface area contributed by atoms with Gasteiger partial charge in [0.1, 0.15) is 18.2 Å². The van der Waals surface area contributed by atoms with Crippen LogP contribution in [0.15, 0.2) is 42.5 Å². The van der Waals surface area contributed by atoms with Gasteiger partial charge in [-0.05, 0) is 24.3 Å². The van der Waals surface area contributed by atoms with Crippen LogP contribution < -0.4 is 10.5 Å². The zero-order chi connectivity index (χ0) is 13.8. The van der Waals surface area contributed by atoms with E-state index in [1.807, 2.05) is 6.07 Å². The topological polar surface area (TPSA) is 59.1 Å². The smallest absolute Gasteiger partial charge is 0.130 e. The summed E-state index contributed by atoms with van der Waals surface area (Å²) in [6.45, 7) is 0.225. The number of nitrogens with two attached hydrogens (primary N) is 1. The highest BCUT2D eigenvalue weighted by atomic mass is 35.5. The van der Waals surface area contributed by atoms with E-state index < -0.39 is 0 Å². The lowest BCUT2D eigenvalue weighted by Crippen LogP contribution is -2.13. The normalized spacial score (nSPS) is 10.2. The van der Waals surface area contributed by atoms with Crippen LogP contribution in [-0.2, 0) is 6.61 Å². The maximum absolute atomic E-state index is 7.49. The molecular weight excluding hydrogens is 283 g/mol. The van der Waals surface area contributed by atoms with Crippen LogP contribution >= 0.6 is 23.2 Å². The van der Waals surface area contributed by atoms with Gasteiger partial charge in [0.15, 0.2) is 0 Å². The SMILES string of the molecule is N=C(N)c1ccccc1OCc1c(Cl)cccc1Cl. The molecule has 5 heteroatoms. The first-order chi connectivity index (χ1) is 9.09. The number of hydrogen-bond donors (Lipinski definition) is 2. The lowest BCUT2D eigenvalue weighted by atomic mass is 10.2. The van der Waals surface area contributed by atoms with Crippen molar-refractivity contribution in [2.75, 3.05) is 0 Å². The first kappa shape index (κ1) is 13.7. The van der Waals surface area contributed by atoms with Gasteiger partial charge in [-0.25, -0.2) is 0 Å². The zero-order valence-corrected chi connectivity index (χ0v) is 11.5. The van der Waals surface area contributed by atoms with Gasteiger partial charge in [-0.15, -0.1) is 0 Å². The van der Waals surface area contributed by atoms with Crippen LogP contribution in [0.2, 0.25) is 10.0 Å². The Balaban J connectivity index is 2.22. The Kier molecular flexibility index (Phi) is 4.30. The van der Waals surface area contributed by atoms with Crippen molar-refractivity contribution in [3.63, 3.8) is 0 Å². The van der Waals surface area contributed by atoms with Gasteiger partial charge >= 0.3 is 0 Å².